The summed E-state index contributed by atoms with van der Waals surface area (Å²) in [4.78, 5) is 85.3. The van der Waals surface area contributed by atoms with Gasteiger partial charge in [0, 0.05) is 99.3 Å². The van der Waals surface area contributed by atoms with Crippen molar-refractivity contribution in [3.8, 4) is 28.6 Å². The molecule has 11 aromatic rings. The van der Waals surface area contributed by atoms with Crippen LogP contribution < -0.4 is 25.1 Å². The third kappa shape index (κ3) is 16.1. The van der Waals surface area contributed by atoms with Crippen molar-refractivity contribution in [3.05, 3.63) is 302 Å². The van der Waals surface area contributed by atoms with Gasteiger partial charge in [-0.15, -0.1) is 0 Å². The second-order valence-electron chi connectivity index (χ2n) is 24.9. The van der Waals surface area contributed by atoms with Crippen molar-refractivity contribution in [3.63, 3.8) is 0 Å². The molecular weight excluding hydrogens is 1240 g/mol. The summed E-state index contributed by atoms with van der Waals surface area (Å²) in [6.45, 7) is 8.87. The van der Waals surface area contributed by atoms with Crippen LogP contribution in [0.15, 0.2) is 224 Å². The Kier molecular flexibility index (Phi) is 20.7. The van der Waals surface area contributed by atoms with Crippen LogP contribution in [0.1, 0.15) is 111 Å². The molecule has 500 valence electrons. The number of ether oxygens (including phenoxy) is 4. The van der Waals surface area contributed by atoms with Crippen LogP contribution in [0, 0.1) is 0 Å². The summed E-state index contributed by atoms with van der Waals surface area (Å²) in [5.41, 5.74) is 10.4. The minimum atomic E-state index is -1.94. The van der Waals surface area contributed by atoms with Crippen LogP contribution in [-0.2, 0) is 87.1 Å². The lowest BCUT2D eigenvalue weighted by atomic mass is 9.86. The Morgan fingerprint density at radius 2 is 1.18 bits per heavy atom. The van der Waals surface area contributed by atoms with Crippen LogP contribution in [0.25, 0.3) is 22.3 Å². The Morgan fingerprint density at radius 3 is 1.76 bits per heavy atom. The number of hydrogen-bond acceptors (Lipinski definition) is 16. The van der Waals surface area contributed by atoms with Gasteiger partial charge in [-0.3, -0.25) is 34.5 Å². The van der Waals surface area contributed by atoms with Gasteiger partial charge in [0.25, 0.3) is 5.56 Å². The Labute approximate surface area is 574 Å². The molecule has 2 N–H and O–H groups in total. The van der Waals surface area contributed by atoms with E-state index in [1.54, 1.807) is 64.9 Å². The minimum absolute atomic E-state index is 0.0401. The summed E-state index contributed by atoms with van der Waals surface area (Å²) >= 11 is 0. The van der Waals surface area contributed by atoms with E-state index in [2.05, 4.69) is 53.3 Å². The number of rotatable bonds is 28. The predicted molar refractivity (Wildman–Crippen MR) is 376 cm³/mol. The summed E-state index contributed by atoms with van der Waals surface area (Å²) in [6.07, 6.45) is 9.18. The molecule has 2 aliphatic rings. The number of carbonyl (C=O) groups excluding carboxylic acids is 3. The van der Waals surface area contributed by atoms with Gasteiger partial charge in [0.05, 0.1) is 64.0 Å². The zero-order valence-electron chi connectivity index (χ0n) is 55.3. The molecule has 0 saturated heterocycles. The van der Waals surface area contributed by atoms with Crippen molar-refractivity contribution >= 4 is 34.6 Å². The molecule has 6 aromatic heterocycles. The fourth-order valence-corrected chi connectivity index (χ4v) is 12.9. The average molecular weight is 1320 g/mol. The number of carbonyl (C=O) groups is 3. The summed E-state index contributed by atoms with van der Waals surface area (Å²) < 4.78 is 25.7. The maximum atomic E-state index is 14.5. The third-order valence-electron chi connectivity index (χ3n) is 17.9. The SMILES string of the molecule is CCc1c2c(nc3ccc(OC(=O)c4ccc(NC(=O)N(CCCCOc5cc(CN(Cc6ccccn6)Cc6ccccn6)cc(CN(Cc6ccccn6)Cc6ccccn6)c5)Cc5ccc(OCc6ccccc6)cc5)cc4)cc13)-c1cc3c(c(=O)n1C2)COC(=O)C3(O)CC. The number of hydrogen-bond donors (Lipinski definition) is 2. The van der Waals surface area contributed by atoms with Crippen molar-refractivity contribution in [1.82, 2.24) is 44.2 Å². The molecule has 13 rings (SSSR count). The first-order chi connectivity index (χ1) is 48.4. The molecule has 19 heteroatoms. The standard InChI is InChI=1S/C80H76N10O9/c1-3-68-69-43-66(32-33-73(69)86-75-70(68)52-90-74(75)44-72-71(76(90)91)54-98-78(93)80(72,95)4-2)99-77(92)59-26-28-60(29-27-59)85-79(94)89(47-55-24-30-65(31-25-55)97-53-56-18-6-5-7-19-56)38-16-17-39-96-67-41-57(45-87(48-61-20-8-12-34-81-61)49-62-21-9-13-35-82-62)40-58(42-67)46-88(50-63-22-10-14-36-83-63)51-64-23-11-15-37-84-64/h5-15,18-37,40-44,95H,3-4,16-17,38-39,45-54H2,1-2H3,(H,85,94). The van der Waals surface area contributed by atoms with Crippen LogP contribution in [-0.4, -0.2) is 80.4 Å². The number of nitrogens with one attached hydrogen (secondary N) is 1. The highest BCUT2D eigenvalue weighted by atomic mass is 16.6. The Bertz CT molecular complexity index is 4500. The average Bonchev–Trinajstić information content (AvgIpc) is 1.61. The number of pyridine rings is 6. The quantitative estimate of drug-likeness (QED) is 0.0265. The number of nitrogens with zero attached hydrogens (tertiary/aromatic N) is 9. The molecule has 0 fully saturated rings. The molecule has 19 nitrogen and oxygen atoms in total. The first-order valence-electron chi connectivity index (χ1n) is 33.5. The number of anilines is 1. The second-order valence-corrected chi connectivity index (χ2v) is 24.9. The number of aromatic nitrogens is 6. The molecule has 0 aliphatic carbocycles. The van der Waals surface area contributed by atoms with Gasteiger partial charge in [-0.2, -0.15) is 0 Å². The second kappa shape index (κ2) is 30.9. The Morgan fingerprint density at radius 1 is 0.586 bits per heavy atom. The normalized spacial score (nSPS) is 13.7. The number of fused-ring (bicyclic) bond motifs is 5. The summed E-state index contributed by atoms with van der Waals surface area (Å²) in [5.74, 6) is 0.375. The molecule has 2 aliphatic heterocycles. The van der Waals surface area contributed by atoms with E-state index in [0.29, 0.717) is 119 Å². The number of amides is 2. The van der Waals surface area contributed by atoms with E-state index in [-0.39, 0.29) is 47.9 Å². The lowest BCUT2D eigenvalue weighted by molar-refractivity contribution is -0.172. The van der Waals surface area contributed by atoms with Crippen LogP contribution >= 0.6 is 0 Å². The molecule has 5 aromatic carbocycles. The van der Waals surface area contributed by atoms with Crippen molar-refractivity contribution in [2.75, 3.05) is 18.5 Å². The van der Waals surface area contributed by atoms with Crippen LogP contribution in [0.3, 0.4) is 0 Å². The van der Waals surface area contributed by atoms with E-state index in [0.717, 1.165) is 67.3 Å². The number of esters is 2. The zero-order chi connectivity index (χ0) is 68.1. The highest BCUT2D eigenvalue weighted by Crippen LogP contribution is 2.41. The fraction of sp³-hybridized carbons (Fsp3) is 0.237. The number of unbranched alkanes of at least 4 members (excludes halogenated alkanes) is 1. The van der Waals surface area contributed by atoms with Gasteiger partial charge in [-0.05, 0) is 175 Å². The number of aryl methyl sites for hydroxylation is 1. The van der Waals surface area contributed by atoms with E-state index < -0.39 is 17.5 Å². The first kappa shape index (κ1) is 66.4. The molecule has 99 heavy (non-hydrogen) atoms. The summed E-state index contributed by atoms with van der Waals surface area (Å²) in [7, 11) is 0. The molecule has 0 bridgehead atoms. The first-order valence-corrected chi connectivity index (χ1v) is 33.5. The smallest absolute Gasteiger partial charge is 0.343 e. The van der Waals surface area contributed by atoms with Gasteiger partial charge >= 0.3 is 18.0 Å². The zero-order valence-corrected chi connectivity index (χ0v) is 55.3. The predicted octanol–water partition coefficient (Wildman–Crippen LogP) is 13.3. The largest absolute Gasteiger partial charge is 0.494 e. The van der Waals surface area contributed by atoms with Crippen LogP contribution in [0.4, 0.5) is 10.5 Å². The van der Waals surface area contributed by atoms with Crippen LogP contribution in [0.5, 0.6) is 17.2 Å². The monoisotopic (exact) mass is 1320 g/mol. The fourth-order valence-electron chi connectivity index (χ4n) is 12.9. The molecule has 8 heterocycles. The lowest BCUT2D eigenvalue weighted by Gasteiger charge is -2.31. The van der Waals surface area contributed by atoms with E-state index in [4.69, 9.17) is 23.9 Å². The van der Waals surface area contributed by atoms with Gasteiger partial charge in [0.2, 0.25) is 0 Å². The van der Waals surface area contributed by atoms with Crippen LogP contribution in [0.2, 0.25) is 0 Å². The highest BCUT2D eigenvalue weighted by molar-refractivity contribution is 5.95. The number of benzene rings is 5. The minimum Gasteiger partial charge on any atom is -0.494 e. The lowest BCUT2D eigenvalue weighted by Crippen LogP contribution is -2.44. The molecule has 2 amide bonds. The van der Waals surface area contributed by atoms with E-state index in [9.17, 15) is 24.3 Å². The number of urea groups is 1. The van der Waals surface area contributed by atoms with Gasteiger partial charge in [0.1, 0.15) is 30.5 Å². The van der Waals surface area contributed by atoms with E-state index >= 15 is 0 Å². The van der Waals surface area contributed by atoms with E-state index in [1.807, 2.05) is 159 Å². The molecule has 0 saturated carbocycles. The molecule has 1 unspecified atom stereocenters. The molecule has 0 radical (unpaired) electrons. The number of aliphatic hydroxyl groups is 1. The maximum absolute atomic E-state index is 14.5. The third-order valence-corrected chi connectivity index (χ3v) is 17.9. The topological polar surface area (TPSA) is 217 Å². The highest BCUT2D eigenvalue weighted by Gasteiger charge is 2.45. The van der Waals surface area contributed by atoms with Gasteiger partial charge in [-0.1, -0.05) is 86.6 Å². The van der Waals surface area contributed by atoms with Gasteiger partial charge < -0.3 is 38.8 Å². The Hall–Kier alpha value is -11.3. The van der Waals surface area contributed by atoms with Crippen molar-refractivity contribution in [2.45, 2.75) is 111 Å². The Balaban J connectivity index is 0.699. The van der Waals surface area contributed by atoms with E-state index in [1.165, 1.54) is 0 Å². The molecule has 1 atom stereocenters. The summed E-state index contributed by atoms with van der Waals surface area (Å²) in [5, 5.41) is 15.2. The molecule has 0 spiro atoms. The van der Waals surface area contributed by atoms with Gasteiger partial charge in [-0.25, -0.2) is 19.4 Å². The van der Waals surface area contributed by atoms with Crippen molar-refractivity contribution in [2.24, 2.45) is 0 Å². The maximum Gasteiger partial charge on any atom is 0.343 e. The van der Waals surface area contributed by atoms with Crippen molar-refractivity contribution < 1.29 is 38.4 Å². The van der Waals surface area contributed by atoms with Crippen molar-refractivity contribution in [1.29, 1.82) is 0 Å². The number of cyclic esters (lactones) is 1. The van der Waals surface area contributed by atoms with Gasteiger partial charge in [0.15, 0.2) is 5.60 Å². The molecular formula is C80H76N10O9. The summed E-state index contributed by atoms with van der Waals surface area (Å²) in [6, 6.07) is 61.4.